The van der Waals surface area contributed by atoms with Crippen LogP contribution in [0.2, 0.25) is 0 Å². The monoisotopic (exact) mass is 350 g/mol. The lowest BCUT2D eigenvalue weighted by molar-refractivity contribution is -0.0498. The highest BCUT2D eigenvalue weighted by Crippen LogP contribution is 2.25. The van der Waals surface area contributed by atoms with Crippen molar-refractivity contribution in [1.29, 1.82) is 0 Å². The Labute approximate surface area is 139 Å². The first-order valence-electron chi connectivity index (χ1n) is 6.94. The van der Waals surface area contributed by atoms with Crippen LogP contribution < -0.4 is 10.1 Å². The van der Waals surface area contributed by atoms with Crippen LogP contribution in [0.1, 0.15) is 16.1 Å². The van der Waals surface area contributed by atoms with Gasteiger partial charge in [-0.25, -0.2) is 0 Å². The third kappa shape index (κ3) is 3.96. The second kappa shape index (κ2) is 7.22. The van der Waals surface area contributed by atoms with Crippen molar-refractivity contribution in [3.8, 4) is 16.4 Å². The van der Waals surface area contributed by atoms with Gasteiger partial charge in [-0.05, 0) is 29.1 Å². The Kier molecular flexibility index (Phi) is 4.85. The summed E-state index contributed by atoms with van der Waals surface area (Å²) in [7, 11) is 0. The Bertz CT molecular complexity index is 801. The van der Waals surface area contributed by atoms with Gasteiger partial charge in [0.1, 0.15) is 5.75 Å². The van der Waals surface area contributed by atoms with Gasteiger partial charge in [0.2, 0.25) is 0 Å². The molecule has 2 aromatic heterocycles. The van der Waals surface area contributed by atoms with E-state index in [9.17, 15) is 13.6 Å². The fourth-order valence-electron chi connectivity index (χ4n) is 1.98. The van der Waals surface area contributed by atoms with Gasteiger partial charge in [-0.1, -0.05) is 23.4 Å². The van der Waals surface area contributed by atoms with Gasteiger partial charge >= 0.3 is 6.61 Å². The average Bonchev–Trinajstić information content (AvgIpc) is 3.24. The van der Waals surface area contributed by atoms with Crippen molar-refractivity contribution in [2.75, 3.05) is 0 Å². The van der Waals surface area contributed by atoms with Crippen molar-refractivity contribution in [3.63, 3.8) is 0 Å². The predicted molar refractivity (Wildman–Crippen MR) is 84.1 cm³/mol. The molecule has 24 heavy (non-hydrogen) atoms. The molecule has 0 saturated heterocycles. The molecule has 124 valence electrons. The van der Waals surface area contributed by atoms with Crippen LogP contribution in [0.4, 0.5) is 8.78 Å². The van der Waals surface area contributed by atoms with E-state index in [0.717, 1.165) is 10.4 Å². The second-order valence-electron chi connectivity index (χ2n) is 4.76. The van der Waals surface area contributed by atoms with Crippen LogP contribution in [-0.4, -0.2) is 17.7 Å². The van der Waals surface area contributed by atoms with E-state index in [0.29, 0.717) is 5.76 Å². The summed E-state index contributed by atoms with van der Waals surface area (Å²) in [6.07, 6.45) is 0. The summed E-state index contributed by atoms with van der Waals surface area (Å²) in [5.74, 6) is 0.218. The maximum Gasteiger partial charge on any atom is 0.387 e. The van der Waals surface area contributed by atoms with Gasteiger partial charge in [0.25, 0.3) is 5.91 Å². The van der Waals surface area contributed by atoms with Gasteiger partial charge in [0, 0.05) is 12.6 Å². The number of aromatic nitrogens is 1. The molecular weight excluding hydrogens is 338 g/mol. The molecule has 0 aliphatic rings. The summed E-state index contributed by atoms with van der Waals surface area (Å²) in [6, 6.07) is 11.3. The molecule has 0 saturated carbocycles. The molecule has 8 heteroatoms. The summed E-state index contributed by atoms with van der Waals surface area (Å²) in [6.45, 7) is -2.63. The SMILES string of the molecule is O=C(NCc1ccc(OC(F)F)cc1)c1cc(-c2cccs2)on1. The summed E-state index contributed by atoms with van der Waals surface area (Å²) in [5, 5.41) is 8.34. The Morgan fingerprint density at radius 3 is 2.75 bits per heavy atom. The fourth-order valence-corrected chi connectivity index (χ4v) is 2.65. The van der Waals surface area contributed by atoms with E-state index in [-0.39, 0.29) is 23.9 Å². The number of hydrogen-bond donors (Lipinski definition) is 1. The average molecular weight is 350 g/mol. The minimum Gasteiger partial charge on any atom is -0.435 e. The summed E-state index contributed by atoms with van der Waals surface area (Å²) in [4.78, 5) is 12.9. The molecule has 0 radical (unpaired) electrons. The first kappa shape index (κ1) is 16.1. The number of rotatable bonds is 6. The maximum absolute atomic E-state index is 12.1. The second-order valence-corrected chi connectivity index (χ2v) is 5.71. The molecule has 1 amide bonds. The number of halogens is 2. The van der Waals surface area contributed by atoms with Crippen molar-refractivity contribution in [1.82, 2.24) is 10.5 Å². The summed E-state index contributed by atoms with van der Waals surface area (Å²) >= 11 is 1.49. The number of nitrogens with zero attached hydrogens (tertiary/aromatic N) is 1. The lowest BCUT2D eigenvalue weighted by atomic mass is 10.2. The molecule has 1 N–H and O–H groups in total. The van der Waals surface area contributed by atoms with Crippen LogP contribution in [-0.2, 0) is 6.54 Å². The Morgan fingerprint density at radius 1 is 1.29 bits per heavy atom. The fraction of sp³-hybridized carbons (Fsp3) is 0.125. The Morgan fingerprint density at radius 2 is 2.08 bits per heavy atom. The Hall–Kier alpha value is -2.74. The van der Waals surface area contributed by atoms with Crippen molar-refractivity contribution < 1.29 is 22.8 Å². The Balaban J connectivity index is 1.57. The van der Waals surface area contributed by atoms with Crippen molar-refractivity contribution in [2.45, 2.75) is 13.2 Å². The van der Waals surface area contributed by atoms with Crippen molar-refractivity contribution >= 4 is 17.2 Å². The zero-order chi connectivity index (χ0) is 16.9. The van der Waals surface area contributed by atoms with Crippen LogP contribution >= 0.6 is 11.3 Å². The molecule has 1 aromatic carbocycles. The van der Waals surface area contributed by atoms with Gasteiger partial charge in [-0.2, -0.15) is 8.78 Å². The number of thiophene rings is 1. The number of hydrogen-bond acceptors (Lipinski definition) is 5. The van der Waals surface area contributed by atoms with Gasteiger partial charge in [0.15, 0.2) is 11.5 Å². The van der Waals surface area contributed by atoms with Crippen molar-refractivity contribution in [3.05, 3.63) is 59.1 Å². The topological polar surface area (TPSA) is 64.4 Å². The van der Waals surface area contributed by atoms with E-state index >= 15 is 0 Å². The first-order chi connectivity index (χ1) is 11.6. The third-order valence-electron chi connectivity index (χ3n) is 3.11. The summed E-state index contributed by atoms with van der Waals surface area (Å²) < 4.78 is 33.6. The van der Waals surface area contributed by atoms with Gasteiger partial charge in [0.05, 0.1) is 4.88 Å². The molecule has 3 rings (SSSR count). The van der Waals surface area contributed by atoms with Gasteiger partial charge < -0.3 is 14.6 Å². The zero-order valence-corrected chi connectivity index (χ0v) is 13.1. The molecule has 0 aliphatic heterocycles. The number of benzene rings is 1. The minimum atomic E-state index is -2.86. The lowest BCUT2D eigenvalue weighted by Gasteiger charge is -2.06. The van der Waals surface area contributed by atoms with E-state index in [1.54, 1.807) is 18.2 Å². The molecule has 3 aromatic rings. The molecule has 0 aliphatic carbocycles. The number of ether oxygens (including phenoxy) is 1. The quantitative estimate of drug-likeness (QED) is 0.731. The number of alkyl halides is 2. The molecular formula is C16H12F2N2O3S. The smallest absolute Gasteiger partial charge is 0.387 e. The maximum atomic E-state index is 12.1. The van der Waals surface area contributed by atoms with E-state index in [4.69, 9.17) is 4.52 Å². The number of carbonyl (C=O) groups excluding carboxylic acids is 1. The number of carbonyl (C=O) groups is 1. The molecule has 5 nitrogen and oxygen atoms in total. The van der Waals surface area contributed by atoms with Crippen LogP contribution in [0.25, 0.3) is 10.6 Å². The van der Waals surface area contributed by atoms with E-state index in [1.807, 2.05) is 17.5 Å². The molecule has 0 atom stereocenters. The van der Waals surface area contributed by atoms with Crippen LogP contribution in [0, 0.1) is 0 Å². The standard InChI is InChI=1S/C16H12F2N2O3S/c17-16(18)22-11-5-3-10(4-6-11)9-19-15(21)12-8-13(23-20-12)14-2-1-7-24-14/h1-8,16H,9H2,(H,19,21). The predicted octanol–water partition coefficient (Wildman–Crippen LogP) is 3.93. The highest BCUT2D eigenvalue weighted by molar-refractivity contribution is 7.13. The molecule has 0 fully saturated rings. The minimum absolute atomic E-state index is 0.0668. The zero-order valence-electron chi connectivity index (χ0n) is 12.2. The van der Waals surface area contributed by atoms with Gasteiger partial charge in [-0.15, -0.1) is 11.3 Å². The van der Waals surface area contributed by atoms with E-state index in [2.05, 4.69) is 15.2 Å². The summed E-state index contributed by atoms with van der Waals surface area (Å²) in [5.41, 5.74) is 0.919. The lowest BCUT2D eigenvalue weighted by Crippen LogP contribution is -2.23. The van der Waals surface area contributed by atoms with E-state index in [1.165, 1.54) is 23.5 Å². The molecule has 2 heterocycles. The third-order valence-corrected chi connectivity index (χ3v) is 3.99. The van der Waals surface area contributed by atoms with Crippen LogP contribution in [0.5, 0.6) is 5.75 Å². The van der Waals surface area contributed by atoms with Crippen LogP contribution in [0.15, 0.2) is 52.4 Å². The van der Waals surface area contributed by atoms with Gasteiger partial charge in [-0.3, -0.25) is 4.79 Å². The molecule has 0 spiro atoms. The normalized spacial score (nSPS) is 10.8. The first-order valence-corrected chi connectivity index (χ1v) is 7.82. The molecule has 0 unspecified atom stereocenters. The molecule has 0 bridgehead atoms. The highest BCUT2D eigenvalue weighted by atomic mass is 32.1. The van der Waals surface area contributed by atoms with Crippen molar-refractivity contribution in [2.24, 2.45) is 0 Å². The largest absolute Gasteiger partial charge is 0.435 e. The highest BCUT2D eigenvalue weighted by Gasteiger charge is 2.14. The van der Waals surface area contributed by atoms with Crippen LogP contribution in [0.3, 0.4) is 0 Å². The number of amides is 1. The number of nitrogens with one attached hydrogen (secondary N) is 1. The van der Waals surface area contributed by atoms with E-state index < -0.39 is 6.61 Å².